The third-order valence-electron chi connectivity index (χ3n) is 2.04. The van der Waals surface area contributed by atoms with Crippen LogP contribution in [0.2, 0.25) is 0 Å². The number of hydrogen-bond acceptors (Lipinski definition) is 3. The summed E-state index contributed by atoms with van der Waals surface area (Å²) in [6.45, 7) is 3.60. The minimum atomic E-state index is -3.44. The molecule has 3 N–H and O–H groups in total. The lowest BCUT2D eigenvalue weighted by molar-refractivity contribution is 0.155. The third kappa shape index (κ3) is 4.36. The van der Waals surface area contributed by atoms with Crippen molar-refractivity contribution in [3.63, 3.8) is 0 Å². The van der Waals surface area contributed by atoms with Crippen LogP contribution in [0.3, 0.4) is 0 Å². The largest absolute Gasteiger partial charge is 0.391 e. The van der Waals surface area contributed by atoms with E-state index in [-0.39, 0.29) is 18.5 Å². The van der Waals surface area contributed by atoms with E-state index in [1.54, 1.807) is 13.8 Å². The Morgan fingerprint density at radius 1 is 1.43 bits per heavy atom. The first kappa shape index (κ1) is 11.9. The molecule has 0 spiro atoms. The highest BCUT2D eigenvalue weighted by molar-refractivity contribution is 7.87. The van der Waals surface area contributed by atoms with E-state index in [1.165, 1.54) is 0 Å². The lowest BCUT2D eigenvalue weighted by atomic mass is 10.2. The van der Waals surface area contributed by atoms with Gasteiger partial charge in [0.05, 0.1) is 6.10 Å². The topological polar surface area (TPSA) is 78.4 Å². The van der Waals surface area contributed by atoms with Gasteiger partial charge in [0.1, 0.15) is 0 Å². The lowest BCUT2D eigenvalue weighted by Crippen LogP contribution is -2.43. The van der Waals surface area contributed by atoms with E-state index in [1.807, 2.05) is 0 Å². The molecule has 14 heavy (non-hydrogen) atoms. The van der Waals surface area contributed by atoms with E-state index in [2.05, 4.69) is 9.44 Å². The van der Waals surface area contributed by atoms with Crippen molar-refractivity contribution in [2.24, 2.45) is 5.92 Å². The summed E-state index contributed by atoms with van der Waals surface area (Å²) in [5.41, 5.74) is 0. The van der Waals surface area contributed by atoms with Crippen molar-refractivity contribution in [3.05, 3.63) is 0 Å². The van der Waals surface area contributed by atoms with Crippen molar-refractivity contribution in [1.29, 1.82) is 0 Å². The molecule has 0 aromatic carbocycles. The lowest BCUT2D eigenvalue weighted by Gasteiger charge is -2.13. The molecular weight excluding hydrogens is 204 g/mol. The zero-order chi connectivity index (χ0) is 10.8. The predicted molar refractivity (Wildman–Crippen MR) is 53.9 cm³/mol. The molecule has 1 aliphatic carbocycles. The zero-order valence-electron chi connectivity index (χ0n) is 8.53. The van der Waals surface area contributed by atoms with Gasteiger partial charge in [0.2, 0.25) is 0 Å². The Labute approximate surface area is 85.1 Å². The summed E-state index contributed by atoms with van der Waals surface area (Å²) in [4.78, 5) is 0. The summed E-state index contributed by atoms with van der Waals surface area (Å²) in [5.74, 6) is 0.289. The van der Waals surface area contributed by atoms with E-state index in [9.17, 15) is 13.5 Å². The smallest absolute Gasteiger partial charge is 0.277 e. The van der Waals surface area contributed by atoms with E-state index in [0.717, 1.165) is 12.8 Å². The molecule has 1 rings (SSSR count). The molecule has 0 bridgehead atoms. The highest BCUT2D eigenvalue weighted by atomic mass is 32.2. The van der Waals surface area contributed by atoms with Crippen LogP contribution in [0.5, 0.6) is 0 Å². The fraction of sp³-hybridized carbons (Fsp3) is 1.00. The first-order valence-corrected chi connectivity index (χ1v) is 6.34. The molecule has 1 saturated carbocycles. The number of nitrogens with one attached hydrogen (secondary N) is 2. The van der Waals surface area contributed by atoms with Gasteiger partial charge in [-0.15, -0.1) is 0 Å². The van der Waals surface area contributed by atoms with Crippen LogP contribution in [-0.2, 0) is 10.2 Å². The van der Waals surface area contributed by atoms with Gasteiger partial charge in [-0.2, -0.15) is 17.9 Å². The van der Waals surface area contributed by atoms with E-state index in [4.69, 9.17) is 0 Å². The highest BCUT2D eigenvalue weighted by Gasteiger charge is 2.30. The summed E-state index contributed by atoms with van der Waals surface area (Å²) in [6.07, 6.45) is 1.46. The summed E-state index contributed by atoms with van der Waals surface area (Å²) < 4.78 is 27.2. The Morgan fingerprint density at radius 2 is 2.00 bits per heavy atom. The highest BCUT2D eigenvalue weighted by Crippen LogP contribution is 2.32. The fourth-order valence-electron chi connectivity index (χ4n) is 1.19. The van der Waals surface area contributed by atoms with Crippen LogP contribution in [0.25, 0.3) is 0 Å². The van der Waals surface area contributed by atoms with Gasteiger partial charge < -0.3 is 5.11 Å². The monoisotopic (exact) mass is 222 g/mol. The second-order valence-corrected chi connectivity index (χ2v) is 5.56. The number of aliphatic hydroxyl groups is 1. The second-order valence-electron chi connectivity index (χ2n) is 4.03. The first-order chi connectivity index (χ1) is 6.41. The predicted octanol–water partition coefficient (Wildman–Crippen LogP) is -0.410. The van der Waals surface area contributed by atoms with Gasteiger partial charge in [-0.3, -0.25) is 0 Å². The van der Waals surface area contributed by atoms with Gasteiger partial charge in [0.15, 0.2) is 0 Å². The van der Waals surface area contributed by atoms with Crippen LogP contribution in [-0.4, -0.2) is 32.2 Å². The van der Waals surface area contributed by atoms with E-state index < -0.39 is 16.3 Å². The number of hydrogen-bond donors (Lipinski definition) is 3. The van der Waals surface area contributed by atoms with Crippen molar-refractivity contribution in [2.75, 3.05) is 6.54 Å². The molecule has 1 fully saturated rings. The molecule has 0 aromatic heterocycles. The van der Waals surface area contributed by atoms with Crippen LogP contribution < -0.4 is 9.44 Å². The normalized spacial score (nSPS) is 20.0. The van der Waals surface area contributed by atoms with Gasteiger partial charge in [-0.25, -0.2) is 0 Å². The van der Waals surface area contributed by atoms with Gasteiger partial charge in [0, 0.05) is 12.6 Å². The third-order valence-corrected chi connectivity index (χ3v) is 3.37. The van der Waals surface area contributed by atoms with Crippen molar-refractivity contribution >= 4 is 10.2 Å². The molecule has 1 unspecified atom stereocenters. The molecule has 84 valence electrons. The van der Waals surface area contributed by atoms with Crippen LogP contribution in [0, 0.1) is 5.92 Å². The Bertz CT molecular complexity index is 272. The standard InChI is InChI=1S/C8H18N2O3S/c1-6(2)10-14(12,13)9-5-8(11)7-3-4-7/h6-11H,3-5H2,1-2H3. The van der Waals surface area contributed by atoms with Gasteiger partial charge in [-0.05, 0) is 32.6 Å². The number of rotatable bonds is 6. The molecule has 0 saturated heterocycles. The Hall–Kier alpha value is -0.170. The minimum absolute atomic E-state index is 0.104. The van der Waals surface area contributed by atoms with Crippen LogP contribution >= 0.6 is 0 Å². The molecule has 0 radical (unpaired) electrons. The molecule has 0 aliphatic heterocycles. The summed E-state index contributed by atoms with van der Waals surface area (Å²) >= 11 is 0. The van der Waals surface area contributed by atoms with E-state index in [0.29, 0.717) is 0 Å². The van der Waals surface area contributed by atoms with Crippen molar-refractivity contribution in [2.45, 2.75) is 38.8 Å². The summed E-state index contributed by atoms with van der Waals surface area (Å²) in [6, 6.07) is -0.134. The van der Waals surface area contributed by atoms with E-state index >= 15 is 0 Å². The first-order valence-electron chi connectivity index (χ1n) is 4.85. The van der Waals surface area contributed by atoms with Crippen LogP contribution in [0.15, 0.2) is 0 Å². The SMILES string of the molecule is CC(C)NS(=O)(=O)NCC(O)C1CC1. The quantitative estimate of drug-likeness (QED) is 0.571. The minimum Gasteiger partial charge on any atom is -0.391 e. The van der Waals surface area contributed by atoms with Crippen LogP contribution in [0.1, 0.15) is 26.7 Å². The van der Waals surface area contributed by atoms with Crippen molar-refractivity contribution < 1.29 is 13.5 Å². The average Bonchev–Trinajstić information content (AvgIpc) is 2.79. The van der Waals surface area contributed by atoms with Crippen molar-refractivity contribution in [1.82, 2.24) is 9.44 Å². The Morgan fingerprint density at radius 3 is 2.43 bits per heavy atom. The molecule has 6 heteroatoms. The summed E-state index contributed by atoms with van der Waals surface area (Å²) in [7, 11) is -3.44. The Balaban J connectivity index is 2.28. The molecule has 0 amide bonds. The maximum atomic E-state index is 11.3. The molecule has 1 atom stereocenters. The Kier molecular flexibility index (Phi) is 3.88. The average molecular weight is 222 g/mol. The molecule has 1 aliphatic rings. The van der Waals surface area contributed by atoms with Gasteiger partial charge in [-0.1, -0.05) is 0 Å². The number of aliphatic hydroxyl groups excluding tert-OH is 1. The maximum absolute atomic E-state index is 11.3. The summed E-state index contributed by atoms with van der Waals surface area (Å²) in [5, 5.41) is 9.43. The van der Waals surface area contributed by atoms with Gasteiger partial charge >= 0.3 is 0 Å². The van der Waals surface area contributed by atoms with Crippen LogP contribution in [0.4, 0.5) is 0 Å². The maximum Gasteiger partial charge on any atom is 0.277 e. The zero-order valence-corrected chi connectivity index (χ0v) is 9.34. The molecule has 0 aromatic rings. The van der Waals surface area contributed by atoms with Crippen molar-refractivity contribution in [3.8, 4) is 0 Å². The molecule has 5 nitrogen and oxygen atoms in total. The molecular formula is C8H18N2O3S. The molecule has 0 heterocycles. The van der Waals surface area contributed by atoms with Gasteiger partial charge in [0.25, 0.3) is 10.2 Å². The second kappa shape index (κ2) is 4.57. The fourth-order valence-corrected chi connectivity index (χ4v) is 2.29.